The summed E-state index contributed by atoms with van der Waals surface area (Å²) < 4.78 is 47.2. The topological polar surface area (TPSA) is 78.8 Å². The molecule has 2 fully saturated rings. The highest BCUT2D eigenvalue weighted by Gasteiger charge is 2.44. The maximum Gasteiger partial charge on any atom is 0.417 e. The van der Waals surface area contributed by atoms with Crippen molar-refractivity contribution in [1.29, 1.82) is 5.26 Å². The van der Waals surface area contributed by atoms with E-state index in [1.807, 2.05) is 24.3 Å². The average Bonchev–Trinajstić information content (AvgIpc) is 3.69. The summed E-state index contributed by atoms with van der Waals surface area (Å²) in [6, 6.07) is 13.6. The molecule has 0 atom stereocenters. The molecule has 7 rings (SSSR count). The largest absolute Gasteiger partial charge is 0.417 e. The van der Waals surface area contributed by atoms with E-state index in [9.17, 15) is 13.2 Å². The smallest absolute Gasteiger partial charge is 0.371 e. The van der Waals surface area contributed by atoms with Crippen molar-refractivity contribution in [2.24, 2.45) is 5.41 Å². The summed E-state index contributed by atoms with van der Waals surface area (Å²) >= 11 is 0. The van der Waals surface area contributed by atoms with Crippen molar-refractivity contribution in [3.05, 3.63) is 77.3 Å². The summed E-state index contributed by atoms with van der Waals surface area (Å²) in [6.45, 7) is 1.73. The minimum absolute atomic E-state index is 0.0308. The van der Waals surface area contributed by atoms with E-state index >= 15 is 0 Å². The van der Waals surface area contributed by atoms with Gasteiger partial charge in [0.25, 0.3) is 0 Å². The van der Waals surface area contributed by atoms with E-state index < -0.39 is 11.7 Å². The van der Waals surface area contributed by atoms with Gasteiger partial charge in [0.2, 0.25) is 0 Å². The van der Waals surface area contributed by atoms with Crippen LogP contribution >= 0.6 is 0 Å². The Morgan fingerprint density at radius 3 is 2.54 bits per heavy atom. The average molecular weight is 528 g/mol. The lowest BCUT2D eigenvalue weighted by atomic mass is 9.63. The van der Waals surface area contributed by atoms with Crippen molar-refractivity contribution in [1.82, 2.24) is 15.1 Å². The Morgan fingerprint density at radius 2 is 1.82 bits per heavy atom. The van der Waals surface area contributed by atoms with Crippen LogP contribution in [0.4, 0.5) is 18.9 Å². The number of alkyl halides is 3. The van der Waals surface area contributed by atoms with Crippen LogP contribution in [0.2, 0.25) is 0 Å². The minimum atomic E-state index is -4.47. The van der Waals surface area contributed by atoms with Gasteiger partial charge in [-0.05, 0) is 67.4 Å². The van der Waals surface area contributed by atoms with Gasteiger partial charge in [0.15, 0.2) is 5.69 Å². The number of hydrogen-bond donors (Lipinski definition) is 0. The van der Waals surface area contributed by atoms with Crippen molar-refractivity contribution in [3.63, 3.8) is 0 Å². The fourth-order valence-corrected chi connectivity index (χ4v) is 6.02. The number of hydrogen-bond acceptors (Lipinski definition) is 6. The van der Waals surface area contributed by atoms with Crippen LogP contribution in [0.5, 0.6) is 0 Å². The molecule has 6 nitrogen and oxygen atoms in total. The molecule has 3 aliphatic rings. The van der Waals surface area contributed by atoms with E-state index in [1.54, 1.807) is 6.07 Å². The molecule has 1 saturated carbocycles. The Kier molecular flexibility index (Phi) is 5.31. The lowest BCUT2D eigenvalue weighted by Crippen LogP contribution is -2.42. The molecule has 2 aliphatic carbocycles. The molecule has 0 N–H and O–H groups in total. The lowest BCUT2D eigenvalue weighted by Gasteiger charge is -2.47. The number of piperidine rings is 1. The SMILES string of the molecule is N#Cc1cnc2cc(N3CCC4(C=C(c5c(-c6ccccc6C(F)(F)F)noc5C5CC5)C4)CC3)ccc2n1. The summed E-state index contributed by atoms with van der Waals surface area (Å²) in [5, 5.41) is 13.2. The van der Waals surface area contributed by atoms with Crippen LogP contribution in [0.15, 0.2) is 59.3 Å². The third-order valence-electron chi connectivity index (χ3n) is 8.26. The van der Waals surface area contributed by atoms with Gasteiger partial charge in [0.05, 0.1) is 22.8 Å². The number of halogens is 3. The van der Waals surface area contributed by atoms with E-state index in [2.05, 4.69) is 26.1 Å². The molecule has 2 aromatic heterocycles. The number of fused-ring (bicyclic) bond motifs is 1. The molecule has 4 aromatic rings. The maximum absolute atomic E-state index is 13.8. The molecule has 0 unspecified atom stereocenters. The van der Waals surface area contributed by atoms with Crippen LogP contribution in [0.25, 0.3) is 27.9 Å². The van der Waals surface area contributed by atoms with Crippen LogP contribution in [0.1, 0.15) is 60.6 Å². The van der Waals surface area contributed by atoms with Gasteiger partial charge in [-0.15, -0.1) is 0 Å². The van der Waals surface area contributed by atoms with Crippen molar-refractivity contribution in [2.75, 3.05) is 18.0 Å². The first-order valence-corrected chi connectivity index (χ1v) is 13.1. The van der Waals surface area contributed by atoms with Gasteiger partial charge < -0.3 is 9.42 Å². The van der Waals surface area contributed by atoms with Crippen LogP contribution in [0.3, 0.4) is 0 Å². The molecule has 0 radical (unpaired) electrons. The number of aromatic nitrogens is 3. The van der Waals surface area contributed by atoms with Gasteiger partial charge in [0, 0.05) is 35.8 Å². The van der Waals surface area contributed by atoms with Crippen molar-refractivity contribution in [3.8, 4) is 17.3 Å². The van der Waals surface area contributed by atoms with Gasteiger partial charge in [-0.1, -0.05) is 29.4 Å². The zero-order chi connectivity index (χ0) is 26.8. The number of nitrogens with zero attached hydrogens (tertiary/aromatic N) is 5. The molecule has 2 aromatic carbocycles. The van der Waals surface area contributed by atoms with E-state index in [0.29, 0.717) is 16.9 Å². The molecule has 1 saturated heterocycles. The van der Waals surface area contributed by atoms with E-state index in [0.717, 1.165) is 79.4 Å². The summed E-state index contributed by atoms with van der Waals surface area (Å²) in [4.78, 5) is 11.0. The van der Waals surface area contributed by atoms with Crippen LogP contribution in [-0.2, 0) is 6.18 Å². The molecular formula is C30H24F3N5O. The molecular weight excluding hydrogens is 503 g/mol. The van der Waals surface area contributed by atoms with Crippen LogP contribution < -0.4 is 4.90 Å². The Hall–Kier alpha value is -4.19. The van der Waals surface area contributed by atoms with Crippen molar-refractivity contribution >= 4 is 22.3 Å². The maximum atomic E-state index is 13.8. The van der Waals surface area contributed by atoms with Gasteiger partial charge >= 0.3 is 6.18 Å². The third-order valence-corrected chi connectivity index (χ3v) is 8.26. The van der Waals surface area contributed by atoms with Gasteiger partial charge in [-0.2, -0.15) is 18.4 Å². The van der Waals surface area contributed by atoms with Gasteiger partial charge in [-0.3, -0.25) is 4.98 Å². The first-order valence-electron chi connectivity index (χ1n) is 13.1. The molecule has 0 amide bonds. The lowest BCUT2D eigenvalue weighted by molar-refractivity contribution is -0.137. The fraction of sp³-hybridized carbons (Fsp3) is 0.333. The summed E-state index contributed by atoms with van der Waals surface area (Å²) in [7, 11) is 0. The molecule has 9 heteroatoms. The normalized spacial score (nSPS) is 18.6. The molecule has 196 valence electrons. The number of nitriles is 1. The Balaban J connectivity index is 1.15. The summed E-state index contributed by atoms with van der Waals surface area (Å²) in [6.07, 6.45) is 3.94. The first-order chi connectivity index (χ1) is 18.8. The quantitative estimate of drug-likeness (QED) is 0.281. The predicted molar refractivity (Wildman–Crippen MR) is 140 cm³/mol. The summed E-state index contributed by atoms with van der Waals surface area (Å²) in [5.41, 5.74) is 4.36. The van der Waals surface area contributed by atoms with E-state index in [4.69, 9.17) is 9.78 Å². The first kappa shape index (κ1) is 23.9. The van der Waals surface area contributed by atoms with Crippen LogP contribution in [-0.4, -0.2) is 28.2 Å². The second-order valence-corrected chi connectivity index (χ2v) is 10.8. The molecule has 1 spiro atoms. The Labute approximate surface area is 222 Å². The molecule has 1 aliphatic heterocycles. The zero-order valence-corrected chi connectivity index (χ0v) is 21.0. The number of benzene rings is 2. The predicted octanol–water partition coefficient (Wildman–Crippen LogP) is 7.13. The van der Waals surface area contributed by atoms with Crippen molar-refractivity contribution < 1.29 is 17.7 Å². The fourth-order valence-electron chi connectivity index (χ4n) is 6.02. The van der Waals surface area contributed by atoms with E-state index in [-0.39, 0.29) is 16.9 Å². The highest BCUT2D eigenvalue weighted by atomic mass is 19.4. The highest BCUT2D eigenvalue weighted by molar-refractivity contribution is 5.85. The minimum Gasteiger partial charge on any atom is -0.371 e. The third kappa shape index (κ3) is 4.15. The van der Waals surface area contributed by atoms with E-state index in [1.165, 1.54) is 18.3 Å². The second-order valence-electron chi connectivity index (χ2n) is 10.8. The zero-order valence-electron chi connectivity index (χ0n) is 21.0. The van der Waals surface area contributed by atoms with Crippen molar-refractivity contribution in [2.45, 2.75) is 44.2 Å². The highest BCUT2D eigenvalue weighted by Crippen LogP contribution is 2.56. The van der Waals surface area contributed by atoms with Crippen LogP contribution in [0, 0.1) is 16.7 Å². The molecule has 0 bridgehead atoms. The van der Waals surface area contributed by atoms with Gasteiger partial charge in [-0.25, -0.2) is 4.98 Å². The Bertz CT molecular complexity index is 1670. The van der Waals surface area contributed by atoms with Gasteiger partial charge in [0.1, 0.15) is 17.5 Å². The Morgan fingerprint density at radius 1 is 1.05 bits per heavy atom. The molecule has 39 heavy (non-hydrogen) atoms. The number of rotatable bonds is 4. The standard InChI is InChI=1S/C30H24F3N5O/c31-30(32,33)23-4-2-1-3-22(23)27-26(28(39-37-27)18-5-6-18)19-14-29(15-19)9-11-38(12-10-29)21-7-8-24-25(13-21)35-17-20(16-34)36-24/h1-4,7-8,13-14,17-18H,5-6,9-12,15H2. The summed E-state index contributed by atoms with van der Waals surface area (Å²) in [5.74, 6) is 0.969. The number of allylic oxidation sites excluding steroid dienone is 2. The molecule has 3 heterocycles. The monoisotopic (exact) mass is 527 g/mol. The number of anilines is 1. The second kappa shape index (κ2) is 8.67.